The SMILES string of the molecule is COC(=O)c1ccc2c(c1)N(C(C)=O)[C@H](/C=C/c1ccccc1)C2. The van der Waals surface area contributed by atoms with E-state index in [4.69, 9.17) is 4.74 Å². The number of amides is 1. The molecule has 2 aromatic carbocycles. The number of rotatable bonds is 3. The molecule has 0 spiro atoms. The van der Waals surface area contributed by atoms with Gasteiger partial charge in [-0.05, 0) is 29.7 Å². The average molecular weight is 321 g/mol. The molecule has 1 aliphatic heterocycles. The van der Waals surface area contributed by atoms with Gasteiger partial charge in [-0.25, -0.2) is 4.79 Å². The second-order valence-corrected chi connectivity index (χ2v) is 5.77. The average Bonchev–Trinajstić information content (AvgIpc) is 2.97. The molecule has 1 atom stereocenters. The Morgan fingerprint density at radius 1 is 1.17 bits per heavy atom. The Labute approximate surface area is 141 Å². The van der Waals surface area contributed by atoms with Gasteiger partial charge in [-0.15, -0.1) is 0 Å². The molecule has 0 saturated heterocycles. The summed E-state index contributed by atoms with van der Waals surface area (Å²) in [5, 5.41) is 0. The van der Waals surface area contributed by atoms with Crippen molar-refractivity contribution in [1.82, 2.24) is 0 Å². The van der Waals surface area contributed by atoms with Crippen LogP contribution in [0.3, 0.4) is 0 Å². The summed E-state index contributed by atoms with van der Waals surface area (Å²) in [6.07, 6.45) is 4.79. The van der Waals surface area contributed by atoms with Crippen molar-refractivity contribution in [3.05, 3.63) is 71.3 Å². The third kappa shape index (κ3) is 3.08. The number of hydrogen-bond acceptors (Lipinski definition) is 3. The lowest BCUT2D eigenvalue weighted by Gasteiger charge is -2.22. The maximum Gasteiger partial charge on any atom is 0.337 e. The zero-order valence-corrected chi connectivity index (χ0v) is 13.7. The lowest BCUT2D eigenvalue weighted by molar-refractivity contribution is -0.116. The van der Waals surface area contributed by atoms with Crippen LogP contribution in [0.5, 0.6) is 0 Å². The fourth-order valence-electron chi connectivity index (χ4n) is 3.04. The van der Waals surface area contributed by atoms with Gasteiger partial charge in [-0.2, -0.15) is 0 Å². The van der Waals surface area contributed by atoms with Crippen LogP contribution < -0.4 is 4.90 Å². The molecule has 3 rings (SSSR count). The van der Waals surface area contributed by atoms with Gasteiger partial charge in [0.15, 0.2) is 0 Å². The zero-order valence-electron chi connectivity index (χ0n) is 13.7. The van der Waals surface area contributed by atoms with Gasteiger partial charge in [0.05, 0.1) is 18.7 Å². The van der Waals surface area contributed by atoms with E-state index in [-0.39, 0.29) is 11.9 Å². The summed E-state index contributed by atoms with van der Waals surface area (Å²) in [5.74, 6) is -0.442. The molecule has 0 bridgehead atoms. The van der Waals surface area contributed by atoms with Crippen LogP contribution in [0.1, 0.15) is 28.4 Å². The molecule has 24 heavy (non-hydrogen) atoms. The monoisotopic (exact) mass is 321 g/mol. The highest BCUT2D eigenvalue weighted by atomic mass is 16.5. The summed E-state index contributed by atoms with van der Waals surface area (Å²) >= 11 is 0. The van der Waals surface area contributed by atoms with Gasteiger partial charge >= 0.3 is 5.97 Å². The van der Waals surface area contributed by atoms with Crippen molar-refractivity contribution in [3.63, 3.8) is 0 Å². The Bertz CT molecular complexity index is 796. The quantitative estimate of drug-likeness (QED) is 0.813. The van der Waals surface area contributed by atoms with Crippen molar-refractivity contribution in [3.8, 4) is 0 Å². The topological polar surface area (TPSA) is 46.6 Å². The molecule has 4 heteroatoms. The van der Waals surface area contributed by atoms with Crippen molar-refractivity contribution in [1.29, 1.82) is 0 Å². The Morgan fingerprint density at radius 2 is 1.92 bits per heavy atom. The second kappa shape index (κ2) is 6.71. The summed E-state index contributed by atoms with van der Waals surface area (Å²) in [7, 11) is 1.35. The van der Waals surface area contributed by atoms with E-state index in [0.29, 0.717) is 5.56 Å². The van der Waals surface area contributed by atoms with E-state index in [2.05, 4.69) is 0 Å². The van der Waals surface area contributed by atoms with Crippen LogP contribution >= 0.6 is 0 Å². The Kier molecular flexibility index (Phi) is 4.47. The molecule has 4 nitrogen and oxygen atoms in total. The molecule has 0 fully saturated rings. The van der Waals surface area contributed by atoms with E-state index in [9.17, 15) is 9.59 Å². The van der Waals surface area contributed by atoms with Crippen LogP contribution in [0, 0.1) is 0 Å². The zero-order chi connectivity index (χ0) is 17.1. The molecular formula is C20H19NO3. The Morgan fingerprint density at radius 3 is 2.58 bits per heavy atom. The highest BCUT2D eigenvalue weighted by Crippen LogP contribution is 2.34. The second-order valence-electron chi connectivity index (χ2n) is 5.77. The molecule has 122 valence electrons. The fourth-order valence-corrected chi connectivity index (χ4v) is 3.04. The van der Waals surface area contributed by atoms with E-state index in [0.717, 1.165) is 23.2 Å². The molecule has 0 unspecified atom stereocenters. The number of hydrogen-bond donors (Lipinski definition) is 0. The van der Waals surface area contributed by atoms with Crippen LogP contribution in [0.25, 0.3) is 6.08 Å². The van der Waals surface area contributed by atoms with Gasteiger partial charge in [0.1, 0.15) is 0 Å². The molecule has 1 aliphatic rings. The van der Waals surface area contributed by atoms with Crippen LogP contribution in [-0.2, 0) is 16.0 Å². The van der Waals surface area contributed by atoms with E-state index in [1.165, 1.54) is 7.11 Å². The number of carbonyl (C=O) groups is 2. The number of benzene rings is 2. The van der Waals surface area contributed by atoms with Gasteiger partial charge in [0, 0.05) is 12.6 Å². The molecule has 0 aromatic heterocycles. The highest BCUT2D eigenvalue weighted by Gasteiger charge is 2.31. The number of carbonyl (C=O) groups excluding carboxylic acids is 2. The number of fused-ring (bicyclic) bond motifs is 1. The standard InChI is InChI=1S/C20H19NO3/c1-14(22)21-18(11-8-15-6-4-3-5-7-15)12-16-9-10-17(13-19(16)21)20(23)24-2/h3-11,13,18H,12H2,1-2H3/b11-8+/t18-/m1/s1. The van der Waals surface area contributed by atoms with Gasteiger partial charge in [0.25, 0.3) is 0 Å². The molecule has 0 radical (unpaired) electrons. The normalized spacial score (nSPS) is 16.2. The number of nitrogens with zero attached hydrogens (tertiary/aromatic N) is 1. The molecule has 1 heterocycles. The lowest BCUT2D eigenvalue weighted by atomic mass is 10.1. The van der Waals surface area contributed by atoms with Crippen molar-refractivity contribution in [2.24, 2.45) is 0 Å². The van der Waals surface area contributed by atoms with Crippen molar-refractivity contribution in [2.75, 3.05) is 12.0 Å². The van der Waals surface area contributed by atoms with Crippen LogP contribution in [0.4, 0.5) is 5.69 Å². The predicted octanol–water partition coefficient (Wildman–Crippen LogP) is 3.46. The first kappa shape index (κ1) is 16.0. The fraction of sp³-hybridized carbons (Fsp3) is 0.200. The van der Waals surface area contributed by atoms with Gasteiger partial charge in [-0.1, -0.05) is 48.6 Å². The summed E-state index contributed by atoms with van der Waals surface area (Å²) in [4.78, 5) is 25.6. The minimum absolute atomic E-state index is 0.0431. The highest BCUT2D eigenvalue weighted by molar-refractivity contribution is 5.98. The first-order valence-electron chi connectivity index (χ1n) is 7.84. The van der Waals surface area contributed by atoms with E-state index in [1.807, 2.05) is 48.6 Å². The van der Waals surface area contributed by atoms with Crippen LogP contribution in [0.15, 0.2) is 54.6 Å². The van der Waals surface area contributed by atoms with Crippen LogP contribution in [-0.4, -0.2) is 25.0 Å². The van der Waals surface area contributed by atoms with E-state index >= 15 is 0 Å². The summed E-state index contributed by atoms with van der Waals surface area (Å²) in [5.41, 5.74) is 3.39. The summed E-state index contributed by atoms with van der Waals surface area (Å²) in [6.45, 7) is 1.54. The molecule has 0 N–H and O–H groups in total. The third-order valence-corrected chi connectivity index (χ3v) is 4.18. The molecule has 0 aliphatic carbocycles. The maximum absolute atomic E-state index is 12.2. The summed E-state index contributed by atoms with van der Waals surface area (Å²) in [6, 6.07) is 15.3. The minimum atomic E-state index is -0.399. The first-order valence-corrected chi connectivity index (χ1v) is 7.84. The predicted molar refractivity (Wildman–Crippen MR) is 93.9 cm³/mol. The molecule has 1 amide bonds. The third-order valence-electron chi connectivity index (χ3n) is 4.18. The first-order chi connectivity index (χ1) is 11.6. The van der Waals surface area contributed by atoms with Crippen molar-refractivity contribution >= 4 is 23.6 Å². The van der Waals surface area contributed by atoms with Crippen LogP contribution in [0.2, 0.25) is 0 Å². The Balaban J connectivity index is 1.91. The van der Waals surface area contributed by atoms with Crippen molar-refractivity contribution in [2.45, 2.75) is 19.4 Å². The largest absolute Gasteiger partial charge is 0.465 e. The number of esters is 1. The molecule has 0 saturated carbocycles. The van der Waals surface area contributed by atoms with Gasteiger partial charge in [-0.3, -0.25) is 4.79 Å². The number of anilines is 1. The van der Waals surface area contributed by atoms with Crippen molar-refractivity contribution < 1.29 is 14.3 Å². The molecular weight excluding hydrogens is 302 g/mol. The van der Waals surface area contributed by atoms with E-state index < -0.39 is 5.97 Å². The minimum Gasteiger partial charge on any atom is -0.465 e. The maximum atomic E-state index is 12.2. The smallest absolute Gasteiger partial charge is 0.337 e. The lowest BCUT2D eigenvalue weighted by Crippen LogP contribution is -2.34. The number of methoxy groups -OCH3 is 1. The number of ether oxygens (including phenoxy) is 1. The summed E-state index contributed by atoms with van der Waals surface area (Å²) < 4.78 is 4.77. The van der Waals surface area contributed by atoms with Gasteiger partial charge < -0.3 is 9.64 Å². The molecule has 2 aromatic rings. The van der Waals surface area contributed by atoms with E-state index in [1.54, 1.807) is 24.0 Å². The Hall–Kier alpha value is -2.88. The van der Waals surface area contributed by atoms with Gasteiger partial charge in [0.2, 0.25) is 5.91 Å².